The number of hydrogen-bond acceptors (Lipinski definition) is 3. The Hall–Kier alpha value is -2.80. The molecule has 1 aliphatic heterocycles. The highest BCUT2D eigenvalue weighted by atomic mass is 32.2. The van der Waals surface area contributed by atoms with Crippen molar-refractivity contribution in [3.8, 4) is 11.1 Å². The van der Waals surface area contributed by atoms with Crippen molar-refractivity contribution in [1.29, 1.82) is 0 Å². The molecule has 2 heterocycles. The van der Waals surface area contributed by atoms with E-state index in [0.717, 1.165) is 22.0 Å². The van der Waals surface area contributed by atoms with Gasteiger partial charge in [-0.2, -0.15) is 5.10 Å². The maximum Gasteiger partial charge on any atom is 0.258 e. The van der Waals surface area contributed by atoms with Crippen LogP contribution in [0.2, 0.25) is 0 Å². The van der Waals surface area contributed by atoms with Gasteiger partial charge in [-0.25, -0.2) is 13.3 Å². The number of carbonyl (C=O) groups is 1. The fourth-order valence-corrected chi connectivity index (χ4v) is 3.37. The summed E-state index contributed by atoms with van der Waals surface area (Å²) >= 11 is 0. The molecule has 0 fully saturated rings. The van der Waals surface area contributed by atoms with Crippen LogP contribution in [0.3, 0.4) is 0 Å². The summed E-state index contributed by atoms with van der Waals surface area (Å²) in [6, 6.07) is 11.9. The van der Waals surface area contributed by atoms with Crippen LogP contribution < -0.4 is 4.72 Å². The number of nitrogens with zero attached hydrogens (tertiary/aromatic N) is 2. The molecule has 1 aromatic heterocycles. The Bertz CT molecular complexity index is 992. The third-order valence-corrected chi connectivity index (χ3v) is 4.65. The van der Waals surface area contributed by atoms with Gasteiger partial charge in [0.1, 0.15) is 5.82 Å². The molecule has 1 N–H and O–H groups in total. The highest BCUT2D eigenvalue weighted by molar-refractivity contribution is 7.93. The summed E-state index contributed by atoms with van der Waals surface area (Å²) in [7, 11) is -1.60. The minimum atomic E-state index is -1.60. The third-order valence-electron chi connectivity index (χ3n) is 3.59. The minimum absolute atomic E-state index is 0.282. The van der Waals surface area contributed by atoms with E-state index in [4.69, 9.17) is 0 Å². The molecule has 114 valence electrons. The van der Waals surface area contributed by atoms with E-state index in [1.165, 1.54) is 22.9 Å². The van der Waals surface area contributed by atoms with Gasteiger partial charge < -0.3 is 0 Å². The Morgan fingerprint density at radius 3 is 2.52 bits per heavy atom. The topological polar surface area (TPSA) is 64.0 Å². The van der Waals surface area contributed by atoms with E-state index in [0.29, 0.717) is 5.03 Å². The molecule has 0 aliphatic carbocycles. The largest absolute Gasteiger partial charge is 0.269 e. The quantitative estimate of drug-likeness (QED) is 0.786. The summed E-state index contributed by atoms with van der Waals surface area (Å²) in [4.78, 5) is 11.3. The lowest BCUT2D eigenvalue weighted by molar-refractivity contribution is -0.114. The van der Waals surface area contributed by atoms with Crippen LogP contribution in [0.15, 0.2) is 54.7 Å². The molecule has 0 radical (unpaired) electrons. The highest BCUT2D eigenvalue weighted by Gasteiger charge is 2.23. The predicted molar refractivity (Wildman–Crippen MR) is 85.7 cm³/mol. The van der Waals surface area contributed by atoms with Crippen molar-refractivity contribution in [2.24, 2.45) is 0 Å². The first-order valence-corrected chi connectivity index (χ1v) is 7.95. The average Bonchev–Trinajstić information content (AvgIpc) is 3.10. The van der Waals surface area contributed by atoms with Gasteiger partial charge >= 0.3 is 0 Å². The number of nitrogens with one attached hydrogen (secondary N) is 1. The van der Waals surface area contributed by atoms with Gasteiger partial charge in [0.15, 0.2) is 16.0 Å². The SMILES string of the molecule is O=C1C=C(n2ncc3cc(-c4ccc(F)cc4)ccc32)S(=O)N1. The van der Waals surface area contributed by atoms with Crippen LogP contribution in [0.25, 0.3) is 27.1 Å². The Balaban J connectivity index is 1.80. The Kier molecular flexibility index (Phi) is 3.09. The molecule has 1 unspecified atom stereocenters. The second-order valence-corrected chi connectivity index (χ2v) is 6.21. The molecule has 0 bridgehead atoms. The zero-order valence-corrected chi connectivity index (χ0v) is 12.5. The number of halogens is 1. The number of carbonyl (C=O) groups excluding carboxylic acids is 1. The van der Waals surface area contributed by atoms with Crippen LogP contribution in [0.4, 0.5) is 4.39 Å². The van der Waals surface area contributed by atoms with Crippen molar-refractivity contribution >= 4 is 32.8 Å². The predicted octanol–water partition coefficient (Wildman–Crippen LogP) is 2.43. The lowest BCUT2D eigenvalue weighted by Gasteiger charge is -2.04. The van der Waals surface area contributed by atoms with Crippen LogP contribution in [0.1, 0.15) is 0 Å². The molecule has 0 saturated carbocycles. The summed E-state index contributed by atoms with van der Waals surface area (Å²) in [5.41, 5.74) is 2.56. The van der Waals surface area contributed by atoms with Gasteiger partial charge in [0, 0.05) is 11.5 Å². The molecule has 5 nitrogen and oxygen atoms in total. The lowest BCUT2D eigenvalue weighted by Crippen LogP contribution is -2.17. The fraction of sp³-hybridized carbons (Fsp3) is 0. The van der Waals surface area contributed by atoms with Gasteiger partial charge in [-0.1, -0.05) is 18.2 Å². The summed E-state index contributed by atoms with van der Waals surface area (Å²) < 4.78 is 28.7. The van der Waals surface area contributed by atoms with Crippen molar-refractivity contribution in [3.63, 3.8) is 0 Å². The van der Waals surface area contributed by atoms with Gasteiger partial charge in [-0.05, 0) is 35.4 Å². The first-order valence-electron chi connectivity index (χ1n) is 6.80. The first kappa shape index (κ1) is 13.8. The van der Waals surface area contributed by atoms with E-state index in [9.17, 15) is 13.4 Å². The highest BCUT2D eigenvalue weighted by Crippen LogP contribution is 2.27. The van der Waals surface area contributed by atoms with Crippen molar-refractivity contribution < 1.29 is 13.4 Å². The molecule has 1 aliphatic rings. The summed E-state index contributed by atoms with van der Waals surface area (Å²) in [6.45, 7) is 0. The van der Waals surface area contributed by atoms with E-state index >= 15 is 0 Å². The van der Waals surface area contributed by atoms with Crippen LogP contribution >= 0.6 is 0 Å². The fourth-order valence-electron chi connectivity index (χ4n) is 2.51. The maximum atomic E-state index is 13.0. The Morgan fingerprint density at radius 2 is 1.83 bits per heavy atom. The van der Waals surface area contributed by atoms with Gasteiger partial charge in [0.25, 0.3) is 5.91 Å². The first-order chi connectivity index (χ1) is 11.1. The van der Waals surface area contributed by atoms with E-state index in [-0.39, 0.29) is 5.82 Å². The molecule has 4 rings (SSSR count). The summed E-state index contributed by atoms with van der Waals surface area (Å²) in [5.74, 6) is -0.680. The van der Waals surface area contributed by atoms with Crippen molar-refractivity contribution in [2.45, 2.75) is 0 Å². The molecule has 3 aromatic rings. The summed E-state index contributed by atoms with van der Waals surface area (Å²) in [6.07, 6.45) is 2.92. The molecule has 23 heavy (non-hydrogen) atoms. The van der Waals surface area contributed by atoms with Crippen LogP contribution in [-0.4, -0.2) is 19.9 Å². The average molecular weight is 327 g/mol. The molecule has 7 heteroatoms. The number of benzene rings is 2. The lowest BCUT2D eigenvalue weighted by atomic mass is 10.0. The van der Waals surface area contributed by atoms with E-state index in [1.54, 1.807) is 18.3 Å². The molecule has 1 amide bonds. The van der Waals surface area contributed by atoms with E-state index < -0.39 is 16.9 Å². The Morgan fingerprint density at radius 1 is 1.09 bits per heavy atom. The number of hydrogen-bond donors (Lipinski definition) is 1. The monoisotopic (exact) mass is 327 g/mol. The molecule has 2 aromatic carbocycles. The second kappa shape index (κ2) is 5.13. The van der Waals surface area contributed by atoms with Crippen LogP contribution in [0.5, 0.6) is 0 Å². The minimum Gasteiger partial charge on any atom is -0.269 e. The smallest absolute Gasteiger partial charge is 0.258 e. The van der Waals surface area contributed by atoms with E-state index in [1.807, 2.05) is 18.2 Å². The van der Waals surface area contributed by atoms with Crippen LogP contribution in [-0.2, 0) is 15.8 Å². The number of fused-ring (bicyclic) bond motifs is 1. The molecule has 0 saturated heterocycles. The zero-order chi connectivity index (χ0) is 16.0. The molecule has 0 spiro atoms. The van der Waals surface area contributed by atoms with Crippen molar-refractivity contribution in [2.75, 3.05) is 0 Å². The van der Waals surface area contributed by atoms with Crippen molar-refractivity contribution in [3.05, 3.63) is 60.6 Å². The second-order valence-electron chi connectivity index (χ2n) is 5.05. The number of aromatic nitrogens is 2. The summed E-state index contributed by atoms with van der Waals surface area (Å²) in [5, 5.41) is 5.36. The van der Waals surface area contributed by atoms with Crippen molar-refractivity contribution in [1.82, 2.24) is 14.5 Å². The number of rotatable bonds is 2. The van der Waals surface area contributed by atoms with E-state index in [2.05, 4.69) is 9.82 Å². The standard InChI is InChI=1S/C16H10FN3O2S/c17-13-4-1-10(2-5-13)11-3-6-14-12(7-11)9-18-20(14)16-8-15(21)19-23(16)22/h1-9H,(H,19,21). The molecular weight excluding hydrogens is 317 g/mol. The van der Waals surface area contributed by atoms with Gasteiger partial charge in [-0.3, -0.25) is 9.52 Å². The molecular formula is C16H10FN3O2S. The van der Waals surface area contributed by atoms with Crippen LogP contribution in [0, 0.1) is 5.82 Å². The molecule has 1 atom stereocenters. The third kappa shape index (κ3) is 2.35. The van der Waals surface area contributed by atoms with Gasteiger partial charge in [0.2, 0.25) is 0 Å². The van der Waals surface area contributed by atoms with Gasteiger partial charge in [-0.15, -0.1) is 0 Å². The Labute approximate surface area is 133 Å². The normalized spacial score (nSPS) is 17.3. The zero-order valence-electron chi connectivity index (χ0n) is 11.7. The maximum absolute atomic E-state index is 13.0. The van der Waals surface area contributed by atoms with Gasteiger partial charge in [0.05, 0.1) is 11.7 Å². The number of amides is 1.